The Labute approximate surface area is 367 Å². The van der Waals surface area contributed by atoms with Crippen molar-refractivity contribution >= 4 is 5.91 Å². The van der Waals surface area contributed by atoms with Gasteiger partial charge < -0.3 is 40.3 Å². The molecule has 0 bridgehead atoms. The van der Waals surface area contributed by atoms with Crippen LogP contribution in [0.5, 0.6) is 0 Å². The molecule has 1 fully saturated rings. The molecule has 0 aromatic heterocycles. The van der Waals surface area contributed by atoms with Gasteiger partial charge in [-0.05, 0) is 57.8 Å². The fourth-order valence-corrected chi connectivity index (χ4v) is 7.63. The van der Waals surface area contributed by atoms with Crippen molar-refractivity contribution in [2.75, 3.05) is 13.2 Å². The van der Waals surface area contributed by atoms with Crippen LogP contribution in [0.3, 0.4) is 0 Å². The molecule has 1 heterocycles. The summed E-state index contributed by atoms with van der Waals surface area (Å²) < 4.78 is 11.2. The number of amides is 1. The second-order valence-corrected chi connectivity index (χ2v) is 17.3. The van der Waals surface area contributed by atoms with Crippen molar-refractivity contribution in [2.45, 2.75) is 256 Å². The zero-order valence-corrected chi connectivity index (χ0v) is 38.5. The topological polar surface area (TPSA) is 149 Å². The lowest BCUT2D eigenvalue weighted by Gasteiger charge is -2.40. The first-order valence-corrected chi connectivity index (χ1v) is 24.9. The Kier molecular flexibility index (Phi) is 38.5. The number of carbonyl (C=O) groups is 1. The van der Waals surface area contributed by atoms with E-state index < -0.39 is 49.5 Å². The fraction of sp³-hybridized carbons (Fsp3) is 0.824. The Morgan fingerprint density at radius 2 is 0.983 bits per heavy atom. The minimum atomic E-state index is -1.57. The number of ether oxygens (including phenoxy) is 2. The smallest absolute Gasteiger partial charge is 0.220 e. The van der Waals surface area contributed by atoms with Crippen molar-refractivity contribution < 1.29 is 39.8 Å². The van der Waals surface area contributed by atoms with Gasteiger partial charge >= 0.3 is 0 Å². The third-order valence-electron chi connectivity index (χ3n) is 11.6. The van der Waals surface area contributed by atoms with Crippen LogP contribution in [0.15, 0.2) is 48.6 Å². The van der Waals surface area contributed by atoms with Gasteiger partial charge in [0, 0.05) is 6.42 Å². The van der Waals surface area contributed by atoms with Gasteiger partial charge in [0.1, 0.15) is 24.4 Å². The predicted octanol–water partition coefficient (Wildman–Crippen LogP) is 11.0. The van der Waals surface area contributed by atoms with Gasteiger partial charge in [-0.3, -0.25) is 4.79 Å². The Balaban J connectivity index is 2.34. The maximum atomic E-state index is 13.0. The summed E-state index contributed by atoms with van der Waals surface area (Å²) in [7, 11) is 0. The highest BCUT2D eigenvalue weighted by Crippen LogP contribution is 2.23. The standard InChI is InChI=1S/C51H93NO8/c1-3-5-7-9-11-13-15-17-19-21-23-25-27-29-31-33-35-37-39-41-47(55)52-44(43-59-51-50(58)49(57)48(56)46(42-53)60-51)45(54)40-38-36-34-32-30-28-26-24-22-20-18-16-14-12-10-8-6-4-2/h11,13,17,19,23,25,38,40,44-46,48-51,53-54,56-58H,3-10,12,14-16,18,20-22,24,26-37,39,41-43H2,1-2H3,(H,52,55)/b13-11-,19-17-,25-23-,40-38+. The molecule has 0 radical (unpaired) electrons. The lowest BCUT2D eigenvalue weighted by atomic mass is 9.99. The number of carbonyl (C=O) groups excluding carboxylic acids is 1. The molecule has 9 heteroatoms. The molecule has 0 aromatic rings. The van der Waals surface area contributed by atoms with E-state index >= 15 is 0 Å². The molecule has 60 heavy (non-hydrogen) atoms. The van der Waals surface area contributed by atoms with E-state index in [1.165, 1.54) is 128 Å². The third kappa shape index (κ3) is 31.1. The summed E-state index contributed by atoms with van der Waals surface area (Å²) in [4.78, 5) is 13.0. The number of aliphatic hydroxyl groups excluding tert-OH is 5. The highest BCUT2D eigenvalue weighted by molar-refractivity contribution is 5.76. The molecule has 1 saturated heterocycles. The summed E-state index contributed by atoms with van der Waals surface area (Å²) in [6.45, 7) is 3.74. The summed E-state index contributed by atoms with van der Waals surface area (Å²) in [6.07, 6.45) is 45.7. The molecule has 0 saturated carbocycles. The van der Waals surface area contributed by atoms with Crippen LogP contribution in [0.4, 0.5) is 0 Å². The average molecular weight is 848 g/mol. The van der Waals surface area contributed by atoms with Crippen LogP contribution in [0.25, 0.3) is 0 Å². The van der Waals surface area contributed by atoms with E-state index in [4.69, 9.17) is 9.47 Å². The van der Waals surface area contributed by atoms with Crippen LogP contribution in [0.1, 0.15) is 213 Å². The number of hydrogen-bond donors (Lipinski definition) is 6. The van der Waals surface area contributed by atoms with Crippen LogP contribution >= 0.6 is 0 Å². The third-order valence-corrected chi connectivity index (χ3v) is 11.6. The molecule has 1 aliphatic rings. The van der Waals surface area contributed by atoms with Crippen molar-refractivity contribution in [2.24, 2.45) is 0 Å². The van der Waals surface area contributed by atoms with Gasteiger partial charge in [0.25, 0.3) is 0 Å². The number of rotatable bonds is 41. The van der Waals surface area contributed by atoms with Crippen LogP contribution in [-0.2, 0) is 14.3 Å². The van der Waals surface area contributed by atoms with Gasteiger partial charge in [-0.15, -0.1) is 0 Å². The van der Waals surface area contributed by atoms with Crippen LogP contribution in [0, 0.1) is 0 Å². The molecule has 0 spiro atoms. The summed E-state index contributed by atoms with van der Waals surface area (Å²) in [6, 6.07) is -0.812. The molecule has 6 N–H and O–H groups in total. The van der Waals surface area contributed by atoms with Crippen molar-refractivity contribution in [1.29, 1.82) is 0 Å². The van der Waals surface area contributed by atoms with E-state index in [0.29, 0.717) is 6.42 Å². The molecule has 9 nitrogen and oxygen atoms in total. The second-order valence-electron chi connectivity index (χ2n) is 17.3. The molecule has 1 rings (SSSR count). The number of nitrogens with one attached hydrogen (secondary N) is 1. The Morgan fingerprint density at radius 3 is 1.48 bits per heavy atom. The fourth-order valence-electron chi connectivity index (χ4n) is 7.63. The van der Waals surface area contributed by atoms with Crippen molar-refractivity contribution in [3.8, 4) is 0 Å². The largest absolute Gasteiger partial charge is 0.394 e. The van der Waals surface area contributed by atoms with Crippen LogP contribution in [-0.4, -0.2) is 87.5 Å². The molecule has 0 aliphatic carbocycles. The molecule has 350 valence electrons. The molecule has 0 aromatic carbocycles. The lowest BCUT2D eigenvalue weighted by Crippen LogP contribution is -2.60. The van der Waals surface area contributed by atoms with Gasteiger partial charge in [-0.25, -0.2) is 0 Å². The monoisotopic (exact) mass is 848 g/mol. The zero-order valence-electron chi connectivity index (χ0n) is 38.5. The summed E-state index contributed by atoms with van der Waals surface area (Å²) in [5.74, 6) is -0.190. The lowest BCUT2D eigenvalue weighted by molar-refractivity contribution is -0.302. The van der Waals surface area contributed by atoms with Gasteiger partial charge in [-0.2, -0.15) is 0 Å². The number of allylic oxidation sites excluding steroid dienone is 7. The second kappa shape index (κ2) is 41.2. The van der Waals surface area contributed by atoms with E-state index in [0.717, 1.165) is 64.2 Å². The van der Waals surface area contributed by atoms with Gasteiger partial charge in [0.15, 0.2) is 6.29 Å². The minimum Gasteiger partial charge on any atom is -0.394 e. The van der Waals surface area contributed by atoms with E-state index in [-0.39, 0.29) is 12.5 Å². The SMILES string of the molecule is CCCCC/C=C\C/C=C\C/C=C\CCCCCCCCC(=O)NC(COC1OC(CO)C(O)C(O)C1O)C(O)/C=C/CCCCCCCCCCCCCCCCCC. The van der Waals surface area contributed by atoms with E-state index in [1.807, 2.05) is 6.08 Å². The first-order chi connectivity index (χ1) is 29.3. The molecular formula is C51H93NO8. The van der Waals surface area contributed by atoms with E-state index in [9.17, 15) is 30.3 Å². The normalized spacial score (nSPS) is 20.9. The first kappa shape index (κ1) is 56.2. The molecule has 1 aliphatic heterocycles. The van der Waals surface area contributed by atoms with Gasteiger partial charge in [-0.1, -0.05) is 197 Å². The molecule has 7 atom stereocenters. The van der Waals surface area contributed by atoms with E-state index in [2.05, 4.69) is 55.6 Å². The number of aliphatic hydroxyl groups is 5. The zero-order chi connectivity index (χ0) is 43.7. The summed E-state index contributed by atoms with van der Waals surface area (Å²) in [5, 5.41) is 54.3. The first-order valence-electron chi connectivity index (χ1n) is 24.9. The van der Waals surface area contributed by atoms with Crippen LogP contribution < -0.4 is 5.32 Å². The minimum absolute atomic E-state index is 0.190. The number of hydrogen-bond acceptors (Lipinski definition) is 8. The quantitative estimate of drug-likeness (QED) is 0.0263. The highest BCUT2D eigenvalue weighted by atomic mass is 16.7. The Hall–Kier alpha value is -1.85. The van der Waals surface area contributed by atoms with Crippen molar-refractivity contribution in [3.05, 3.63) is 48.6 Å². The summed E-state index contributed by atoms with van der Waals surface area (Å²) >= 11 is 0. The highest BCUT2D eigenvalue weighted by Gasteiger charge is 2.44. The Bertz CT molecular complexity index is 1080. The maximum Gasteiger partial charge on any atom is 0.220 e. The summed E-state index contributed by atoms with van der Waals surface area (Å²) in [5.41, 5.74) is 0. The van der Waals surface area contributed by atoms with Gasteiger partial charge in [0.2, 0.25) is 5.91 Å². The van der Waals surface area contributed by atoms with Crippen molar-refractivity contribution in [3.63, 3.8) is 0 Å². The maximum absolute atomic E-state index is 13.0. The molecular weight excluding hydrogens is 755 g/mol. The van der Waals surface area contributed by atoms with Crippen LogP contribution in [0.2, 0.25) is 0 Å². The molecule has 7 unspecified atom stereocenters. The average Bonchev–Trinajstić information content (AvgIpc) is 3.25. The molecule has 1 amide bonds. The van der Waals surface area contributed by atoms with Gasteiger partial charge in [0.05, 0.1) is 25.4 Å². The Morgan fingerprint density at radius 1 is 0.567 bits per heavy atom. The predicted molar refractivity (Wildman–Crippen MR) is 249 cm³/mol. The van der Waals surface area contributed by atoms with Crippen molar-refractivity contribution in [1.82, 2.24) is 5.32 Å². The van der Waals surface area contributed by atoms with E-state index in [1.54, 1.807) is 6.08 Å². The number of unbranched alkanes of at least 4 members (excludes halogenated alkanes) is 25.